The lowest BCUT2D eigenvalue weighted by Crippen LogP contribution is -2.08. The molecule has 3 nitrogen and oxygen atoms in total. The van der Waals surface area contributed by atoms with Gasteiger partial charge >= 0.3 is 12.4 Å². The van der Waals surface area contributed by atoms with E-state index in [1.54, 1.807) is 54.6 Å². The summed E-state index contributed by atoms with van der Waals surface area (Å²) in [6.45, 7) is 0. The quantitative estimate of drug-likeness (QED) is 0.136. The van der Waals surface area contributed by atoms with E-state index in [4.69, 9.17) is 39.5 Å². The summed E-state index contributed by atoms with van der Waals surface area (Å²) in [5, 5.41) is 2.23. The van der Waals surface area contributed by atoms with Gasteiger partial charge in [0.2, 0.25) is 0 Å². The normalized spacial score (nSPS) is 11.8. The zero-order chi connectivity index (χ0) is 33.2. The highest BCUT2D eigenvalue weighted by atomic mass is 35.5. The second-order valence-corrected chi connectivity index (χ2v) is 11.0. The molecule has 0 atom stereocenters. The van der Waals surface area contributed by atoms with Crippen LogP contribution in [0.5, 0.6) is 5.75 Å². The summed E-state index contributed by atoms with van der Waals surface area (Å²) in [6.07, 6.45) is -8.95. The molecule has 6 aromatic rings. The summed E-state index contributed by atoms with van der Waals surface area (Å²) >= 11 is 18.2. The van der Waals surface area contributed by atoms with Gasteiger partial charge in [-0.05, 0) is 54.1 Å². The van der Waals surface area contributed by atoms with Crippen molar-refractivity contribution in [1.82, 2.24) is 9.97 Å². The summed E-state index contributed by atoms with van der Waals surface area (Å²) in [4.78, 5) is 8.72. The molecule has 0 amide bonds. The maximum Gasteiger partial charge on any atom is 0.417 e. The molecule has 0 radical (unpaired) electrons. The second kappa shape index (κ2) is 13.4. The Morgan fingerprint density at radius 2 is 1.07 bits per heavy atom. The predicted octanol–water partition coefficient (Wildman–Crippen LogP) is 11.9. The molecule has 0 aliphatic carbocycles. The standard InChI is InChI=1S/C17H10Cl2F3N.C17H11ClF3NO/c18-9-10-8-12-14(19)6-3-7-15(12)23-16(10)11-4-1-2-5-13(11)17(20,21)22;1-23-15-9-11-13(18)7-4-8-14(11)22-16(15)10-5-2-3-6-12(10)17(19,20)21/h1-8H,9H2;2-9H,1H3. The fourth-order valence-corrected chi connectivity index (χ4v) is 5.55. The average molecular weight is 694 g/mol. The number of rotatable bonds is 4. The van der Waals surface area contributed by atoms with Gasteiger partial charge in [-0.15, -0.1) is 11.6 Å². The maximum atomic E-state index is 13.3. The molecular weight excluding hydrogens is 673 g/mol. The first-order valence-corrected chi connectivity index (χ1v) is 14.7. The SMILES string of the molecule is COc1cc2c(Cl)cccc2nc1-c1ccccc1C(F)(F)F.FC(F)(F)c1ccccc1-c1nc2cccc(Cl)c2cc1CCl. The van der Waals surface area contributed by atoms with E-state index >= 15 is 0 Å². The molecule has 0 unspecified atom stereocenters. The van der Waals surface area contributed by atoms with Crippen molar-refractivity contribution < 1.29 is 31.1 Å². The molecule has 236 valence electrons. The van der Waals surface area contributed by atoms with Gasteiger partial charge in [0.25, 0.3) is 0 Å². The molecule has 0 N–H and O–H groups in total. The Morgan fingerprint density at radius 3 is 1.54 bits per heavy atom. The number of methoxy groups -OCH3 is 1. The zero-order valence-electron chi connectivity index (χ0n) is 23.6. The number of fused-ring (bicyclic) bond motifs is 2. The van der Waals surface area contributed by atoms with Crippen LogP contribution in [0.1, 0.15) is 16.7 Å². The van der Waals surface area contributed by atoms with Crippen molar-refractivity contribution >= 4 is 56.6 Å². The van der Waals surface area contributed by atoms with Crippen molar-refractivity contribution in [3.8, 4) is 28.3 Å². The van der Waals surface area contributed by atoms with Crippen molar-refractivity contribution in [2.75, 3.05) is 7.11 Å². The van der Waals surface area contributed by atoms with Crippen LogP contribution in [-0.2, 0) is 18.2 Å². The fourth-order valence-electron chi connectivity index (χ4n) is 4.90. The average Bonchev–Trinajstić information content (AvgIpc) is 3.03. The number of halogens is 9. The molecule has 46 heavy (non-hydrogen) atoms. The molecule has 2 aromatic heterocycles. The summed E-state index contributed by atoms with van der Waals surface area (Å²) in [5.41, 5.74) is 0.383. The number of nitrogens with zero attached hydrogens (tertiary/aromatic N) is 2. The summed E-state index contributed by atoms with van der Waals surface area (Å²) in [6, 6.07) is 24.1. The molecule has 0 fully saturated rings. The monoisotopic (exact) mass is 692 g/mol. The molecule has 0 saturated heterocycles. The van der Waals surface area contributed by atoms with Gasteiger partial charge in [-0.3, -0.25) is 0 Å². The summed E-state index contributed by atoms with van der Waals surface area (Å²) in [7, 11) is 1.39. The van der Waals surface area contributed by atoms with Crippen LogP contribution in [0.25, 0.3) is 44.3 Å². The first kappa shape index (κ1) is 33.3. The van der Waals surface area contributed by atoms with Gasteiger partial charge in [0.15, 0.2) is 0 Å². The number of hydrogen-bond donors (Lipinski definition) is 0. The van der Waals surface area contributed by atoms with Crippen LogP contribution >= 0.6 is 34.8 Å². The van der Waals surface area contributed by atoms with Crippen molar-refractivity contribution in [3.63, 3.8) is 0 Å². The lowest BCUT2D eigenvalue weighted by molar-refractivity contribution is -0.137. The van der Waals surface area contributed by atoms with Crippen molar-refractivity contribution in [2.24, 2.45) is 0 Å². The van der Waals surface area contributed by atoms with Gasteiger partial charge in [-0.1, -0.05) is 71.7 Å². The topological polar surface area (TPSA) is 35.0 Å². The number of ether oxygens (including phenoxy) is 1. The number of benzene rings is 4. The van der Waals surface area contributed by atoms with Crippen LogP contribution in [0.3, 0.4) is 0 Å². The highest BCUT2D eigenvalue weighted by molar-refractivity contribution is 6.35. The van der Waals surface area contributed by atoms with Crippen LogP contribution in [0.2, 0.25) is 10.0 Å². The molecule has 4 aromatic carbocycles. The zero-order valence-corrected chi connectivity index (χ0v) is 25.9. The molecule has 2 heterocycles. The number of aromatic nitrogens is 2. The van der Waals surface area contributed by atoms with E-state index in [1.807, 2.05) is 0 Å². The van der Waals surface area contributed by atoms with E-state index in [0.717, 1.165) is 12.1 Å². The Bertz CT molecular complexity index is 1900. The predicted molar refractivity (Wildman–Crippen MR) is 170 cm³/mol. The Balaban J connectivity index is 0.000000181. The molecule has 12 heteroatoms. The van der Waals surface area contributed by atoms with Crippen molar-refractivity contribution in [1.29, 1.82) is 0 Å². The van der Waals surface area contributed by atoms with E-state index in [2.05, 4.69) is 9.97 Å². The highest BCUT2D eigenvalue weighted by Gasteiger charge is 2.35. The minimum absolute atomic E-state index is 0.0116. The third-order valence-electron chi connectivity index (χ3n) is 6.99. The van der Waals surface area contributed by atoms with Crippen LogP contribution in [0.15, 0.2) is 97.1 Å². The molecular formula is C34H21Cl3F6N2O. The minimum Gasteiger partial charge on any atom is -0.494 e. The molecule has 0 aliphatic rings. The first-order valence-electron chi connectivity index (χ1n) is 13.4. The van der Waals surface area contributed by atoms with Crippen molar-refractivity contribution in [3.05, 3.63) is 124 Å². The molecule has 6 rings (SSSR count). The van der Waals surface area contributed by atoms with E-state index in [-0.39, 0.29) is 34.1 Å². The lowest BCUT2D eigenvalue weighted by atomic mass is 9.99. The van der Waals surface area contributed by atoms with Gasteiger partial charge in [0.1, 0.15) is 11.4 Å². The Kier molecular flexibility index (Phi) is 9.67. The molecule has 0 saturated carbocycles. The largest absolute Gasteiger partial charge is 0.494 e. The van der Waals surface area contributed by atoms with Gasteiger partial charge in [-0.2, -0.15) is 26.3 Å². The molecule has 0 spiro atoms. The summed E-state index contributed by atoms with van der Waals surface area (Å²) in [5.74, 6) is 0.276. The van der Waals surface area contributed by atoms with Gasteiger partial charge in [-0.25, -0.2) is 9.97 Å². The lowest BCUT2D eigenvalue weighted by Gasteiger charge is -2.15. The van der Waals surface area contributed by atoms with Crippen LogP contribution in [0, 0.1) is 0 Å². The first-order chi connectivity index (χ1) is 21.8. The van der Waals surface area contributed by atoms with Crippen LogP contribution in [0.4, 0.5) is 26.3 Å². The summed E-state index contributed by atoms with van der Waals surface area (Å²) < 4.78 is 84.8. The van der Waals surface area contributed by atoms with Gasteiger partial charge in [0, 0.05) is 32.8 Å². The van der Waals surface area contributed by atoms with Gasteiger partial charge in [0.05, 0.1) is 40.0 Å². The smallest absolute Gasteiger partial charge is 0.417 e. The third kappa shape index (κ3) is 6.87. The van der Waals surface area contributed by atoms with E-state index in [9.17, 15) is 26.3 Å². The number of hydrogen-bond acceptors (Lipinski definition) is 3. The maximum absolute atomic E-state index is 13.3. The van der Waals surface area contributed by atoms with Crippen LogP contribution in [-0.4, -0.2) is 17.1 Å². The van der Waals surface area contributed by atoms with Crippen LogP contribution < -0.4 is 4.74 Å². The van der Waals surface area contributed by atoms with E-state index in [0.29, 0.717) is 37.4 Å². The fraction of sp³-hybridized carbons (Fsp3) is 0.118. The highest BCUT2D eigenvalue weighted by Crippen LogP contribution is 2.41. The molecule has 0 aliphatic heterocycles. The number of alkyl halides is 7. The van der Waals surface area contributed by atoms with E-state index < -0.39 is 23.5 Å². The van der Waals surface area contributed by atoms with Gasteiger partial charge < -0.3 is 4.74 Å². The van der Waals surface area contributed by atoms with Crippen molar-refractivity contribution in [2.45, 2.75) is 18.2 Å². The molecule has 0 bridgehead atoms. The third-order valence-corrected chi connectivity index (χ3v) is 7.94. The second-order valence-electron chi connectivity index (χ2n) is 9.87. The van der Waals surface area contributed by atoms with E-state index in [1.165, 1.54) is 37.4 Å². The Labute approximate surface area is 274 Å². The number of pyridine rings is 2. The minimum atomic E-state index is -4.48. The Morgan fingerprint density at radius 1 is 0.609 bits per heavy atom. The Hall–Kier alpha value is -4.05.